The number of aryl methyl sites for hydroxylation is 1. The summed E-state index contributed by atoms with van der Waals surface area (Å²) in [6.07, 6.45) is 2.82. The summed E-state index contributed by atoms with van der Waals surface area (Å²) in [5, 5.41) is 2.67. The van der Waals surface area contributed by atoms with E-state index in [9.17, 15) is 13.2 Å². The van der Waals surface area contributed by atoms with Gasteiger partial charge in [0.1, 0.15) is 6.61 Å². The fourth-order valence-electron chi connectivity index (χ4n) is 2.70. The highest BCUT2D eigenvalue weighted by Crippen LogP contribution is 2.26. The average molecular weight is 370 g/mol. The molecule has 1 heterocycles. The van der Waals surface area contributed by atoms with Crippen LogP contribution in [0.4, 0.5) is 5.69 Å². The Hall–Kier alpha value is -1.48. The number of anilines is 1. The van der Waals surface area contributed by atoms with Crippen LogP contribution in [0.3, 0.4) is 0 Å². The van der Waals surface area contributed by atoms with E-state index in [4.69, 9.17) is 9.47 Å². The van der Waals surface area contributed by atoms with E-state index in [-0.39, 0.29) is 17.4 Å². The van der Waals surface area contributed by atoms with Crippen molar-refractivity contribution in [3.8, 4) is 0 Å². The number of hydrogen-bond acceptors (Lipinski definition) is 5. The van der Waals surface area contributed by atoms with Crippen LogP contribution in [0.25, 0.3) is 0 Å². The maximum atomic E-state index is 12.9. The molecule has 2 rings (SSSR count). The number of amides is 1. The molecule has 0 aliphatic carbocycles. The minimum Gasteiger partial charge on any atom is -0.382 e. The second-order valence-electron chi connectivity index (χ2n) is 6.04. The Kier molecular flexibility index (Phi) is 7.37. The largest absolute Gasteiger partial charge is 0.382 e. The van der Waals surface area contributed by atoms with Gasteiger partial charge in [-0.2, -0.15) is 4.31 Å². The predicted octanol–water partition coefficient (Wildman–Crippen LogP) is 1.77. The van der Waals surface area contributed by atoms with Gasteiger partial charge in [0.05, 0.1) is 18.1 Å². The molecule has 1 aliphatic rings. The lowest BCUT2D eigenvalue weighted by molar-refractivity contribution is -0.121. The molecule has 0 radical (unpaired) electrons. The van der Waals surface area contributed by atoms with Crippen LogP contribution in [0.15, 0.2) is 23.1 Å². The van der Waals surface area contributed by atoms with E-state index < -0.39 is 10.0 Å². The normalized spacial score (nSPS) is 15.9. The number of piperidine rings is 1. The molecule has 0 saturated carbocycles. The van der Waals surface area contributed by atoms with E-state index >= 15 is 0 Å². The van der Waals surface area contributed by atoms with Gasteiger partial charge < -0.3 is 14.8 Å². The van der Waals surface area contributed by atoms with Gasteiger partial charge in [-0.15, -0.1) is 0 Å². The molecule has 140 valence electrons. The topological polar surface area (TPSA) is 84.9 Å². The van der Waals surface area contributed by atoms with Crippen molar-refractivity contribution in [2.45, 2.75) is 31.1 Å². The lowest BCUT2D eigenvalue weighted by Gasteiger charge is -2.26. The third-order valence-electron chi connectivity index (χ3n) is 4.07. The SMILES string of the molecule is COCCOCC(=O)Nc1ccc(C)c(S(=O)(=O)N2CCCCC2)c1. The molecule has 0 unspecified atom stereocenters. The predicted molar refractivity (Wildman–Crippen MR) is 95.1 cm³/mol. The zero-order valence-corrected chi connectivity index (χ0v) is 15.6. The Balaban J connectivity index is 2.07. The van der Waals surface area contributed by atoms with E-state index in [1.54, 1.807) is 26.2 Å². The van der Waals surface area contributed by atoms with E-state index in [1.807, 2.05) is 0 Å². The lowest BCUT2D eigenvalue weighted by Crippen LogP contribution is -2.36. The summed E-state index contributed by atoms with van der Waals surface area (Å²) in [6, 6.07) is 4.92. The number of benzene rings is 1. The first kappa shape index (κ1) is 19.8. The second-order valence-corrected chi connectivity index (χ2v) is 7.94. The molecular formula is C17H26N2O5S. The highest BCUT2D eigenvalue weighted by Gasteiger charge is 2.27. The zero-order chi connectivity index (χ0) is 18.3. The number of methoxy groups -OCH3 is 1. The maximum absolute atomic E-state index is 12.9. The summed E-state index contributed by atoms with van der Waals surface area (Å²) in [5.41, 5.74) is 1.11. The molecule has 0 spiro atoms. The van der Waals surface area contributed by atoms with Crippen LogP contribution >= 0.6 is 0 Å². The number of ether oxygens (including phenoxy) is 2. The number of sulfonamides is 1. The first-order valence-corrected chi connectivity index (χ1v) is 9.86. The molecule has 1 aliphatic heterocycles. The molecule has 0 bridgehead atoms. The molecule has 1 aromatic rings. The molecular weight excluding hydrogens is 344 g/mol. The van der Waals surface area contributed by atoms with Gasteiger partial charge in [-0.3, -0.25) is 4.79 Å². The summed E-state index contributed by atoms with van der Waals surface area (Å²) < 4.78 is 37.3. The van der Waals surface area contributed by atoms with Gasteiger partial charge >= 0.3 is 0 Å². The van der Waals surface area contributed by atoms with Crippen LogP contribution in [0, 0.1) is 6.92 Å². The van der Waals surface area contributed by atoms with Crippen molar-refractivity contribution in [3.05, 3.63) is 23.8 Å². The van der Waals surface area contributed by atoms with Crippen LogP contribution < -0.4 is 5.32 Å². The van der Waals surface area contributed by atoms with Gasteiger partial charge in [0.25, 0.3) is 0 Å². The summed E-state index contributed by atoms with van der Waals surface area (Å²) >= 11 is 0. The monoisotopic (exact) mass is 370 g/mol. The van der Waals surface area contributed by atoms with Gasteiger partial charge in [-0.05, 0) is 37.5 Å². The van der Waals surface area contributed by atoms with Crippen molar-refractivity contribution in [1.82, 2.24) is 4.31 Å². The third-order valence-corrected chi connectivity index (χ3v) is 6.11. The summed E-state index contributed by atoms with van der Waals surface area (Å²) in [6.45, 7) is 3.49. The van der Waals surface area contributed by atoms with Crippen molar-refractivity contribution in [3.63, 3.8) is 0 Å². The van der Waals surface area contributed by atoms with Crippen molar-refractivity contribution in [2.24, 2.45) is 0 Å². The number of hydrogen-bond donors (Lipinski definition) is 1. The highest BCUT2D eigenvalue weighted by molar-refractivity contribution is 7.89. The fourth-order valence-corrected chi connectivity index (χ4v) is 4.47. The van der Waals surface area contributed by atoms with Gasteiger partial charge in [0.2, 0.25) is 15.9 Å². The molecule has 8 heteroatoms. The molecule has 1 aromatic carbocycles. The molecule has 1 amide bonds. The molecule has 1 fully saturated rings. The van der Waals surface area contributed by atoms with Crippen LogP contribution in [0.2, 0.25) is 0 Å². The number of carbonyl (C=O) groups is 1. The fraction of sp³-hybridized carbons (Fsp3) is 0.588. The smallest absolute Gasteiger partial charge is 0.250 e. The van der Waals surface area contributed by atoms with Crippen molar-refractivity contribution < 1.29 is 22.7 Å². The Bertz CT molecular complexity index is 684. The number of nitrogens with zero attached hydrogens (tertiary/aromatic N) is 1. The Labute approximate surface area is 149 Å². The molecule has 0 aromatic heterocycles. The Morgan fingerprint density at radius 2 is 1.92 bits per heavy atom. The van der Waals surface area contributed by atoms with Gasteiger partial charge in [0.15, 0.2) is 0 Å². The van der Waals surface area contributed by atoms with E-state index in [2.05, 4.69) is 5.32 Å². The summed E-state index contributed by atoms with van der Waals surface area (Å²) in [4.78, 5) is 12.1. The first-order valence-electron chi connectivity index (χ1n) is 8.42. The summed E-state index contributed by atoms with van der Waals surface area (Å²) in [5.74, 6) is -0.332. The molecule has 7 nitrogen and oxygen atoms in total. The molecule has 0 atom stereocenters. The average Bonchev–Trinajstić information content (AvgIpc) is 2.61. The van der Waals surface area contributed by atoms with Gasteiger partial charge in [-0.1, -0.05) is 12.5 Å². The Morgan fingerprint density at radius 3 is 2.60 bits per heavy atom. The molecule has 1 N–H and O–H groups in total. The van der Waals surface area contributed by atoms with Crippen molar-refractivity contribution >= 4 is 21.6 Å². The number of nitrogens with one attached hydrogen (secondary N) is 1. The number of rotatable bonds is 8. The van der Waals surface area contributed by atoms with Crippen LogP contribution in [0.5, 0.6) is 0 Å². The van der Waals surface area contributed by atoms with E-state index in [0.717, 1.165) is 19.3 Å². The van der Waals surface area contributed by atoms with Crippen molar-refractivity contribution in [2.75, 3.05) is 45.3 Å². The standard InChI is InChI=1S/C17H26N2O5S/c1-14-6-7-15(18-17(20)13-24-11-10-23-2)12-16(14)25(21,22)19-8-4-3-5-9-19/h6-7,12H,3-5,8-11,13H2,1-2H3,(H,18,20). The number of carbonyl (C=O) groups excluding carboxylic acids is 1. The maximum Gasteiger partial charge on any atom is 0.250 e. The van der Waals surface area contributed by atoms with Crippen LogP contribution in [-0.2, 0) is 24.3 Å². The van der Waals surface area contributed by atoms with Crippen molar-refractivity contribution in [1.29, 1.82) is 0 Å². The lowest BCUT2D eigenvalue weighted by atomic mass is 10.2. The molecule has 25 heavy (non-hydrogen) atoms. The van der Waals surface area contributed by atoms with E-state index in [0.29, 0.717) is 37.6 Å². The quantitative estimate of drug-likeness (QED) is 0.705. The Morgan fingerprint density at radius 1 is 1.20 bits per heavy atom. The highest BCUT2D eigenvalue weighted by atomic mass is 32.2. The zero-order valence-electron chi connectivity index (χ0n) is 14.8. The third kappa shape index (κ3) is 5.50. The van der Waals surface area contributed by atoms with Gasteiger partial charge in [-0.25, -0.2) is 8.42 Å². The summed E-state index contributed by atoms with van der Waals surface area (Å²) in [7, 11) is -1.99. The van der Waals surface area contributed by atoms with Crippen LogP contribution in [-0.4, -0.2) is 58.7 Å². The second kappa shape index (κ2) is 9.28. The molecule has 1 saturated heterocycles. The van der Waals surface area contributed by atoms with Crippen LogP contribution in [0.1, 0.15) is 24.8 Å². The first-order chi connectivity index (χ1) is 11.9. The minimum atomic E-state index is -3.54. The van der Waals surface area contributed by atoms with Gasteiger partial charge in [0, 0.05) is 25.9 Å². The minimum absolute atomic E-state index is 0.106. The van der Waals surface area contributed by atoms with E-state index in [1.165, 1.54) is 10.4 Å².